The fraction of sp³-hybridized carbons (Fsp3) is 0.353. The Morgan fingerprint density at radius 3 is 2.77 bits per heavy atom. The monoisotopic (exact) mass is 381 g/mol. The first-order valence-corrected chi connectivity index (χ1v) is 9.14. The highest BCUT2D eigenvalue weighted by molar-refractivity contribution is 7.99. The molecule has 5 nitrogen and oxygen atoms in total. The highest BCUT2D eigenvalue weighted by atomic mass is 32.2. The smallest absolute Gasteiger partial charge is 0.382 e. The molecule has 0 bridgehead atoms. The lowest BCUT2D eigenvalue weighted by molar-refractivity contribution is -0.137. The normalized spacial score (nSPS) is 12.0. The Labute approximate surface area is 152 Å². The minimum atomic E-state index is -4.37. The Morgan fingerprint density at radius 2 is 2.04 bits per heavy atom. The molecule has 138 valence electrons. The van der Waals surface area contributed by atoms with E-state index in [4.69, 9.17) is 5.73 Å². The summed E-state index contributed by atoms with van der Waals surface area (Å²) >= 11 is 1.51. The van der Waals surface area contributed by atoms with Crippen LogP contribution in [0.1, 0.15) is 30.9 Å². The molecule has 0 radical (unpaired) electrons. The molecule has 0 fully saturated rings. The maximum absolute atomic E-state index is 12.9. The van der Waals surface area contributed by atoms with Crippen LogP contribution in [0.3, 0.4) is 0 Å². The highest BCUT2D eigenvalue weighted by Crippen LogP contribution is 2.30. The zero-order chi connectivity index (χ0) is 18.7. The molecule has 2 aromatic heterocycles. The molecule has 1 aromatic carbocycles. The molecule has 3 aromatic rings. The Hall–Kier alpha value is -2.29. The van der Waals surface area contributed by atoms with Gasteiger partial charge in [-0.2, -0.15) is 13.2 Å². The van der Waals surface area contributed by atoms with Gasteiger partial charge in [0.2, 0.25) is 0 Å². The van der Waals surface area contributed by atoms with Crippen LogP contribution in [0.25, 0.3) is 11.2 Å². The first kappa shape index (κ1) is 18.5. The Kier molecular flexibility index (Phi) is 5.36. The van der Waals surface area contributed by atoms with E-state index in [1.165, 1.54) is 24.2 Å². The number of fused-ring (bicyclic) bond motifs is 1. The van der Waals surface area contributed by atoms with E-state index in [0.29, 0.717) is 21.9 Å². The van der Waals surface area contributed by atoms with Crippen molar-refractivity contribution in [3.63, 3.8) is 0 Å². The highest BCUT2D eigenvalue weighted by Gasteiger charge is 2.30. The summed E-state index contributed by atoms with van der Waals surface area (Å²) in [7, 11) is 0. The molecule has 0 aliphatic carbocycles. The van der Waals surface area contributed by atoms with Gasteiger partial charge in [-0.05, 0) is 24.1 Å². The lowest BCUT2D eigenvalue weighted by Gasteiger charge is -2.10. The average Bonchev–Trinajstić information content (AvgIpc) is 2.98. The number of thioether (sulfide) groups is 1. The van der Waals surface area contributed by atoms with Gasteiger partial charge in [-0.3, -0.25) is 0 Å². The van der Waals surface area contributed by atoms with E-state index in [2.05, 4.69) is 21.9 Å². The minimum absolute atomic E-state index is 0.218. The standard InChI is InChI=1S/C17H18F3N5S/c1-2-3-7-26-16-23-14(21)13-15(24-16)25(10-22-13)9-11-5-4-6-12(8-11)17(18,19)20/h4-6,8,10H,2-3,7,9H2,1H3,(H2,21,23,24). The molecular weight excluding hydrogens is 363 g/mol. The van der Waals surface area contributed by atoms with Gasteiger partial charge in [0.25, 0.3) is 0 Å². The number of unbranched alkanes of at least 4 members (excludes halogenated alkanes) is 1. The Balaban J connectivity index is 1.91. The lowest BCUT2D eigenvalue weighted by atomic mass is 10.1. The van der Waals surface area contributed by atoms with Gasteiger partial charge < -0.3 is 10.3 Å². The quantitative estimate of drug-likeness (QED) is 0.390. The largest absolute Gasteiger partial charge is 0.416 e. The van der Waals surface area contributed by atoms with Crippen molar-refractivity contribution in [1.29, 1.82) is 0 Å². The van der Waals surface area contributed by atoms with Crippen molar-refractivity contribution in [1.82, 2.24) is 19.5 Å². The summed E-state index contributed by atoms with van der Waals surface area (Å²) in [6.07, 6.45) is -0.743. The first-order chi connectivity index (χ1) is 12.4. The van der Waals surface area contributed by atoms with Gasteiger partial charge in [-0.25, -0.2) is 15.0 Å². The van der Waals surface area contributed by atoms with Gasteiger partial charge in [0.15, 0.2) is 16.6 Å². The van der Waals surface area contributed by atoms with Gasteiger partial charge in [0.1, 0.15) is 5.52 Å². The van der Waals surface area contributed by atoms with Crippen LogP contribution in [-0.2, 0) is 12.7 Å². The molecular formula is C17H18F3N5S. The number of alkyl halides is 3. The van der Waals surface area contributed by atoms with E-state index >= 15 is 0 Å². The topological polar surface area (TPSA) is 69.6 Å². The van der Waals surface area contributed by atoms with Crippen LogP contribution in [0.2, 0.25) is 0 Å². The summed E-state index contributed by atoms with van der Waals surface area (Å²) in [5.74, 6) is 1.15. The zero-order valence-electron chi connectivity index (χ0n) is 14.1. The molecule has 26 heavy (non-hydrogen) atoms. The van der Waals surface area contributed by atoms with Crippen molar-refractivity contribution in [3.05, 3.63) is 41.7 Å². The van der Waals surface area contributed by atoms with Crippen LogP contribution >= 0.6 is 11.8 Å². The van der Waals surface area contributed by atoms with Crippen LogP contribution < -0.4 is 5.73 Å². The first-order valence-electron chi connectivity index (χ1n) is 8.15. The van der Waals surface area contributed by atoms with Gasteiger partial charge in [-0.15, -0.1) is 0 Å². The van der Waals surface area contributed by atoms with Crippen molar-refractivity contribution < 1.29 is 13.2 Å². The summed E-state index contributed by atoms with van der Waals surface area (Å²) in [6.45, 7) is 2.32. The molecule has 2 N–H and O–H groups in total. The van der Waals surface area contributed by atoms with E-state index in [1.54, 1.807) is 10.6 Å². The number of nitrogens with two attached hydrogens (primary N) is 1. The second-order valence-electron chi connectivity index (χ2n) is 5.84. The van der Waals surface area contributed by atoms with Crippen LogP contribution in [0.4, 0.5) is 19.0 Å². The second-order valence-corrected chi connectivity index (χ2v) is 6.90. The Morgan fingerprint density at radius 1 is 1.23 bits per heavy atom. The summed E-state index contributed by atoms with van der Waals surface area (Å²) in [5, 5.41) is 0.550. The Bertz CT molecular complexity index is 907. The molecule has 2 heterocycles. The molecule has 0 atom stereocenters. The van der Waals surface area contributed by atoms with E-state index in [0.717, 1.165) is 30.7 Å². The number of nitrogen functional groups attached to an aromatic ring is 1. The number of hydrogen-bond acceptors (Lipinski definition) is 5. The molecule has 0 unspecified atom stereocenters. The molecule has 0 saturated heterocycles. The predicted octanol–water partition coefficient (Wildman–Crippen LogP) is 4.37. The van der Waals surface area contributed by atoms with Gasteiger partial charge in [0.05, 0.1) is 18.4 Å². The summed E-state index contributed by atoms with van der Waals surface area (Å²) < 4.78 is 40.4. The zero-order valence-corrected chi connectivity index (χ0v) is 14.9. The van der Waals surface area contributed by atoms with Crippen LogP contribution in [-0.4, -0.2) is 25.3 Å². The third-order valence-corrected chi connectivity index (χ3v) is 4.74. The number of halogens is 3. The molecule has 3 rings (SSSR count). The lowest BCUT2D eigenvalue weighted by Crippen LogP contribution is -2.07. The number of imidazole rings is 1. The molecule has 0 saturated carbocycles. The molecule has 0 aliphatic heterocycles. The van der Waals surface area contributed by atoms with E-state index in [-0.39, 0.29) is 12.4 Å². The summed E-state index contributed by atoms with van der Waals surface area (Å²) in [4.78, 5) is 12.9. The fourth-order valence-corrected chi connectivity index (χ4v) is 3.41. The maximum atomic E-state index is 12.9. The second kappa shape index (κ2) is 7.53. The van der Waals surface area contributed by atoms with Crippen molar-refractivity contribution in [3.8, 4) is 0 Å². The molecule has 9 heteroatoms. The van der Waals surface area contributed by atoms with E-state index < -0.39 is 11.7 Å². The van der Waals surface area contributed by atoms with Crippen LogP contribution in [0.15, 0.2) is 35.7 Å². The molecule has 0 aliphatic rings. The number of aromatic nitrogens is 4. The van der Waals surface area contributed by atoms with Gasteiger partial charge in [-0.1, -0.05) is 37.2 Å². The summed E-state index contributed by atoms with van der Waals surface area (Å²) in [5.41, 5.74) is 6.77. The molecule has 0 spiro atoms. The number of benzene rings is 1. The molecule has 0 amide bonds. The van der Waals surface area contributed by atoms with Gasteiger partial charge in [0, 0.05) is 5.75 Å². The van der Waals surface area contributed by atoms with Crippen molar-refractivity contribution in [2.24, 2.45) is 0 Å². The fourth-order valence-electron chi connectivity index (χ4n) is 2.48. The third-order valence-electron chi connectivity index (χ3n) is 3.81. The van der Waals surface area contributed by atoms with Crippen LogP contribution in [0.5, 0.6) is 0 Å². The van der Waals surface area contributed by atoms with E-state index in [1.807, 2.05) is 0 Å². The third kappa shape index (κ3) is 4.09. The SMILES string of the molecule is CCCCSc1nc(N)c2ncn(Cc3cccc(C(F)(F)F)c3)c2n1. The van der Waals surface area contributed by atoms with Crippen molar-refractivity contribution in [2.75, 3.05) is 11.5 Å². The van der Waals surface area contributed by atoms with Gasteiger partial charge >= 0.3 is 6.18 Å². The number of anilines is 1. The number of hydrogen-bond donors (Lipinski definition) is 1. The van der Waals surface area contributed by atoms with E-state index in [9.17, 15) is 13.2 Å². The number of nitrogens with zero attached hydrogens (tertiary/aromatic N) is 4. The average molecular weight is 381 g/mol. The predicted molar refractivity (Wildman–Crippen MR) is 95.9 cm³/mol. The van der Waals surface area contributed by atoms with Crippen molar-refractivity contribution >= 4 is 28.7 Å². The maximum Gasteiger partial charge on any atom is 0.416 e. The van der Waals surface area contributed by atoms with Crippen molar-refractivity contribution in [2.45, 2.75) is 37.6 Å². The van der Waals surface area contributed by atoms with Crippen LogP contribution in [0, 0.1) is 0 Å². The minimum Gasteiger partial charge on any atom is -0.382 e. The number of rotatable bonds is 6. The summed E-state index contributed by atoms with van der Waals surface area (Å²) in [6, 6.07) is 5.22.